The molecule has 0 fully saturated rings. The molecule has 0 unspecified atom stereocenters. The van der Waals surface area contributed by atoms with Gasteiger partial charge in [0.15, 0.2) is 0 Å². The number of likely N-dealkylation sites (N-methyl/N-ethyl adjacent to an activating group) is 1. The maximum absolute atomic E-state index is 4.80. The van der Waals surface area contributed by atoms with E-state index in [0.717, 1.165) is 24.4 Å². The number of anilines is 1. The van der Waals surface area contributed by atoms with E-state index in [4.69, 9.17) is 4.98 Å². The normalized spacial score (nSPS) is 11.8. The molecule has 0 amide bonds. The standard InChI is InChI=1S/C21H24N4/c1-3-25(4-2)14-13-22-20-12-10-17-19(23-20)11-9-16-15-7-5-6-8-18(15)24-21(16)17/h5-12,24H,3-4,13-14H2,1-2H3,(H,22,23)/p+1. The third kappa shape index (κ3) is 2.94. The highest BCUT2D eigenvalue weighted by Gasteiger charge is 2.09. The van der Waals surface area contributed by atoms with Crippen LogP contribution in [-0.4, -0.2) is 36.1 Å². The Balaban J connectivity index is 1.65. The molecule has 3 N–H and O–H groups in total. The number of H-pyrrole nitrogens is 1. The molecule has 0 aliphatic carbocycles. The van der Waals surface area contributed by atoms with Crippen molar-refractivity contribution in [2.45, 2.75) is 13.8 Å². The molecule has 0 spiro atoms. The number of benzene rings is 2. The largest absolute Gasteiger partial charge is 0.364 e. The Hall–Kier alpha value is -2.59. The van der Waals surface area contributed by atoms with Crippen LogP contribution in [0.25, 0.3) is 32.7 Å². The summed E-state index contributed by atoms with van der Waals surface area (Å²) in [5, 5.41) is 7.17. The predicted octanol–water partition coefficient (Wildman–Crippen LogP) is 3.21. The van der Waals surface area contributed by atoms with E-state index >= 15 is 0 Å². The van der Waals surface area contributed by atoms with E-state index in [2.05, 4.69) is 72.7 Å². The molecule has 4 heteroatoms. The van der Waals surface area contributed by atoms with Crippen LogP contribution in [0.15, 0.2) is 48.5 Å². The number of fused-ring (bicyclic) bond motifs is 5. The highest BCUT2D eigenvalue weighted by molar-refractivity contribution is 6.16. The van der Waals surface area contributed by atoms with Gasteiger partial charge in [0.05, 0.1) is 37.2 Å². The summed E-state index contributed by atoms with van der Waals surface area (Å²) in [4.78, 5) is 9.96. The van der Waals surface area contributed by atoms with Crippen LogP contribution in [0.1, 0.15) is 13.8 Å². The zero-order chi connectivity index (χ0) is 17.2. The first-order chi connectivity index (χ1) is 12.3. The van der Waals surface area contributed by atoms with Crippen molar-refractivity contribution in [3.8, 4) is 0 Å². The molecule has 0 aliphatic heterocycles. The zero-order valence-electron chi connectivity index (χ0n) is 14.9. The van der Waals surface area contributed by atoms with Gasteiger partial charge in [0.2, 0.25) is 0 Å². The molecule has 25 heavy (non-hydrogen) atoms. The van der Waals surface area contributed by atoms with Crippen LogP contribution in [0.5, 0.6) is 0 Å². The van der Waals surface area contributed by atoms with E-state index in [0.29, 0.717) is 0 Å². The van der Waals surface area contributed by atoms with Crippen LogP contribution in [0.3, 0.4) is 0 Å². The Kier molecular flexibility index (Phi) is 4.28. The molecule has 2 aromatic heterocycles. The molecule has 0 aliphatic rings. The van der Waals surface area contributed by atoms with Gasteiger partial charge in [-0.1, -0.05) is 24.3 Å². The van der Waals surface area contributed by atoms with Gasteiger partial charge in [0.1, 0.15) is 5.82 Å². The Morgan fingerprint density at radius 2 is 1.72 bits per heavy atom. The van der Waals surface area contributed by atoms with Crippen LogP contribution in [0.4, 0.5) is 5.82 Å². The highest BCUT2D eigenvalue weighted by atomic mass is 15.1. The molecule has 128 valence electrons. The first-order valence-electron chi connectivity index (χ1n) is 9.17. The lowest BCUT2D eigenvalue weighted by atomic mass is 10.1. The molecule has 0 bridgehead atoms. The Bertz CT molecular complexity index is 1010. The smallest absolute Gasteiger partial charge is 0.126 e. The summed E-state index contributed by atoms with van der Waals surface area (Å²) >= 11 is 0. The maximum atomic E-state index is 4.80. The number of hydrogen-bond acceptors (Lipinski definition) is 2. The summed E-state index contributed by atoms with van der Waals surface area (Å²) in [7, 11) is 0. The van der Waals surface area contributed by atoms with E-state index < -0.39 is 0 Å². The number of para-hydroxylation sites is 1. The van der Waals surface area contributed by atoms with Crippen LogP contribution in [0.2, 0.25) is 0 Å². The fourth-order valence-electron chi connectivity index (χ4n) is 3.59. The van der Waals surface area contributed by atoms with Crippen molar-refractivity contribution in [2.24, 2.45) is 0 Å². The molecule has 4 rings (SSSR count). The molecule has 0 saturated carbocycles. The van der Waals surface area contributed by atoms with Crippen LogP contribution in [-0.2, 0) is 0 Å². The second-order valence-corrected chi connectivity index (χ2v) is 6.56. The lowest BCUT2D eigenvalue weighted by Gasteiger charge is -2.15. The fraction of sp³-hybridized carbons (Fsp3) is 0.286. The van der Waals surface area contributed by atoms with Crippen molar-refractivity contribution in [2.75, 3.05) is 31.5 Å². The van der Waals surface area contributed by atoms with Crippen molar-refractivity contribution in [1.29, 1.82) is 0 Å². The van der Waals surface area contributed by atoms with Crippen molar-refractivity contribution >= 4 is 38.5 Å². The minimum atomic E-state index is 0.949. The van der Waals surface area contributed by atoms with Gasteiger partial charge in [0.25, 0.3) is 0 Å². The van der Waals surface area contributed by atoms with E-state index in [9.17, 15) is 0 Å². The number of pyridine rings is 1. The van der Waals surface area contributed by atoms with E-state index in [1.54, 1.807) is 4.90 Å². The third-order valence-electron chi connectivity index (χ3n) is 5.13. The van der Waals surface area contributed by atoms with E-state index in [1.807, 2.05) is 0 Å². The van der Waals surface area contributed by atoms with Crippen LogP contribution in [0, 0.1) is 0 Å². The van der Waals surface area contributed by atoms with E-state index in [1.165, 1.54) is 40.3 Å². The number of rotatable bonds is 6. The van der Waals surface area contributed by atoms with Crippen molar-refractivity contribution in [3.63, 3.8) is 0 Å². The lowest BCUT2D eigenvalue weighted by molar-refractivity contribution is -0.894. The van der Waals surface area contributed by atoms with Crippen LogP contribution < -0.4 is 10.2 Å². The fourth-order valence-corrected chi connectivity index (χ4v) is 3.59. The Morgan fingerprint density at radius 1 is 0.920 bits per heavy atom. The second-order valence-electron chi connectivity index (χ2n) is 6.56. The van der Waals surface area contributed by atoms with Gasteiger partial charge in [-0.15, -0.1) is 0 Å². The molecule has 0 atom stereocenters. The van der Waals surface area contributed by atoms with Gasteiger partial charge in [-0.05, 0) is 38.1 Å². The Labute approximate surface area is 147 Å². The summed E-state index contributed by atoms with van der Waals surface area (Å²) in [6.07, 6.45) is 0. The minimum Gasteiger partial charge on any atom is -0.364 e. The van der Waals surface area contributed by atoms with Gasteiger partial charge < -0.3 is 15.2 Å². The summed E-state index contributed by atoms with van der Waals surface area (Å²) in [5.74, 6) is 0.953. The third-order valence-corrected chi connectivity index (χ3v) is 5.13. The number of nitrogens with one attached hydrogen (secondary N) is 3. The van der Waals surface area contributed by atoms with Crippen molar-refractivity contribution in [3.05, 3.63) is 48.5 Å². The average molecular weight is 333 g/mol. The molecule has 2 heterocycles. The molecular formula is C21H25N4+. The number of aromatic nitrogens is 2. The SMILES string of the molecule is CC[NH+](CC)CCNc1ccc2c(ccc3c4ccccc4[nH]c23)n1. The van der Waals surface area contributed by atoms with Gasteiger partial charge >= 0.3 is 0 Å². The van der Waals surface area contributed by atoms with Crippen molar-refractivity contribution < 1.29 is 4.90 Å². The first kappa shape index (κ1) is 15.9. The summed E-state index contributed by atoms with van der Waals surface area (Å²) in [6.45, 7) is 8.87. The molecular weight excluding hydrogens is 308 g/mol. The molecule has 4 aromatic rings. The zero-order valence-corrected chi connectivity index (χ0v) is 14.9. The number of nitrogens with zero attached hydrogens (tertiary/aromatic N) is 1. The number of quaternary nitrogens is 1. The summed E-state index contributed by atoms with van der Waals surface area (Å²) < 4.78 is 0. The van der Waals surface area contributed by atoms with Crippen LogP contribution >= 0.6 is 0 Å². The monoisotopic (exact) mass is 333 g/mol. The topological polar surface area (TPSA) is 45.1 Å². The van der Waals surface area contributed by atoms with Gasteiger partial charge in [-0.2, -0.15) is 0 Å². The predicted molar refractivity (Wildman–Crippen MR) is 107 cm³/mol. The highest BCUT2D eigenvalue weighted by Crippen LogP contribution is 2.30. The number of aromatic amines is 1. The first-order valence-corrected chi connectivity index (χ1v) is 9.17. The maximum Gasteiger partial charge on any atom is 0.126 e. The summed E-state index contributed by atoms with van der Waals surface area (Å²) in [5.41, 5.74) is 3.37. The molecule has 4 nitrogen and oxygen atoms in total. The van der Waals surface area contributed by atoms with E-state index in [-0.39, 0.29) is 0 Å². The molecule has 0 saturated heterocycles. The van der Waals surface area contributed by atoms with Gasteiger partial charge in [-0.25, -0.2) is 4.98 Å². The quantitative estimate of drug-likeness (QED) is 0.507. The molecule has 2 aromatic carbocycles. The van der Waals surface area contributed by atoms with Crippen molar-refractivity contribution in [1.82, 2.24) is 9.97 Å². The minimum absolute atomic E-state index is 0.949. The van der Waals surface area contributed by atoms with Gasteiger partial charge in [-0.3, -0.25) is 0 Å². The lowest BCUT2D eigenvalue weighted by Crippen LogP contribution is -3.12. The average Bonchev–Trinajstić information content (AvgIpc) is 3.04. The molecule has 0 radical (unpaired) electrons. The summed E-state index contributed by atoms with van der Waals surface area (Å²) in [6, 6.07) is 17.0. The second kappa shape index (κ2) is 6.73. The Morgan fingerprint density at radius 3 is 2.56 bits per heavy atom. The van der Waals surface area contributed by atoms with Gasteiger partial charge in [0, 0.05) is 21.7 Å². The number of hydrogen-bond donors (Lipinski definition) is 3.